The zero-order chi connectivity index (χ0) is 11.4. The summed E-state index contributed by atoms with van der Waals surface area (Å²) in [7, 11) is 0. The summed E-state index contributed by atoms with van der Waals surface area (Å²) >= 11 is 4.01. The van der Waals surface area contributed by atoms with Crippen molar-refractivity contribution in [3.8, 4) is 0 Å². The molecule has 0 saturated carbocycles. The molecule has 0 aromatic heterocycles. The van der Waals surface area contributed by atoms with Crippen LogP contribution in [0.5, 0.6) is 0 Å². The SMILES string of the molecule is C=C1SCCCSC(CC)c2ccccc21. The van der Waals surface area contributed by atoms with E-state index in [-0.39, 0.29) is 0 Å². The molecule has 86 valence electrons. The first-order valence-corrected chi connectivity index (χ1v) is 7.89. The lowest BCUT2D eigenvalue weighted by Crippen LogP contribution is -1.97. The van der Waals surface area contributed by atoms with Gasteiger partial charge >= 0.3 is 0 Å². The molecule has 0 aliphatic carbocycles. The van der Waals surface area contributed by atoms with Gasteiger partial charge in [0.25, 0.3) is 0 Å². The summed E-state index contributed by atoms with van der Waals surface area (Å²) in [5.41, 5.74) is 2.85. The zero-order valence-electron chi connectivity index (χ0n) is 9.74. The van der Waals surface area contributed by atoms with Gasteiger partial charge in [0.1, 0.15) is 0 Å². The Morgan fingerprint density at radius 3 is 2.94 bits per heavy atom. The molecule has 16 heavy (non-hydrogen) atoms. The van der Waals surface area contributed by atoms with E-state index in [4.69, 9.17) is 0 Å². The molecular formula is C14H18S2. The minimum absolute atomic E-state index is 0.645. The summed E-state index contributed by atoms with van der Waals surface area (Å²) < 4.78 is 0. The Morgan fingerprint density at radius 2 is 2.12 bits per heavy atom. The van der Waals surface area contributed by atoms with Gasteiger partial charge in [-0.1, -0.05) is 37.8 Å². The van der Waals surface area contributed by atoms with Gasteiger partial charge in [-0.15, -0.1) is 11.8 Å². The van der Waals surface area contributed by atoms with Crippen LogP contribution in [0.3, 0.4) is 0 Å². The summed E-state index contributed by atoms with van der Waals surface area (Å²) in [6.07, 6.45) is 2.50. The van der Waals surface area contributed by atoms with E-state index in [1.165, 1.54) is 40.4 Å². The van der Waals surface area contributed by atoms with Crippen molar-refractivity contribution in [3.63, 3.8) is 0 Å². The topological polar surface area (TPSA) is 0 Å². The molecule has 0 saturated heterocycles. The highest BCUT2D eigenvalue weighted by atomic mass is 32.2. The Balaban J connectivity index is 2.39. The summed E-state index contributed by atoms with van der Waals surface area (Å²) in [6.45, 7) is 6.50. The number of fused-ring (bicyclic) bond motifs is 1. The van der Waals surface area contributed by atoms with Crippen LogP contribution in [-0.4, -0.2) is 11.5 Å². The standard InChI is InChI=1S/C14H18S2/c1-3-14-13-8-5-4-7-12(13)11(2)15-9-6-10-16-14/h4-5,7-8,14H,2-3,6,9-10H2,1H3. The van der Waals surface area contributed by atoms with Gasteiger partial charge in [-0.3, -0.25) is 0 Å². The maximum absolute atomic E-state index is 4.22. The van der Waals surface area contributed by atoms with Crippen LogP contribution in [0.4, 0.5) is 0 Å². The van der Waals surface area contributed by atoms with Crippen molar-refractivity contribution in [3.05, 3.63) is 42.0 Å². The second-order valence-electron chi connectivity index (χ2n) is 3.98. The molecule has 2 heteroatoms. The summed E-state index contributed by atoms with van der Waals surface area (Å²) in [5.74, 6) is 2.48. The van der Waals surface area contributed by atoms with Crippen LogP contribution in [0.1, 0.15) is 36.1 Å². The molecule has 1 aromatic carbocycles. The molecule has 1 atom stereocenters. The highest BCUT2D eigenvalue weighted by Gasteiger charge is 2.16. The van der Waals surface area contributed by atoms with Crippen molar-refractivity contribution >= 4 is 28.4 Å². The molecule has 0 fully saturated rings. The van der Waals surface area contributed by atoms with Gasteiger partial charge in [-0.25, -0.2) is 0 Å². The lowest BCUT2D eigenvalue weighted by molar-refractivity contribution is 0.890. The van der Waals surface area contributed by atoms with Gasteiger partial charge in [-0.2, -0.15) is 11.8 Å². The Morgan fingerprint density at radius 1 is 1.31 bits per heavy atom. The van der Waals surface area contributed by atoms with Gasteiger partial charge in [0.15, 0.2) is 0 Å². The van der Waals surface area contributed by atoms with Gasteiger partial charge in [-0.05, 0) is 35.5 Å². The average Bonchev–Trinajstić information content (AvgIpc) is 2.40. The highest BCUT2D eigenvalue weighted by Crippen LogP contribution is 2.40. The molecule has 0 bridgehead atoms. The summed E-state index contributed by atoms with van der Waals surface area (Å²) in [4.78, 5) is 1.25. The molecule has 0 spiro atoms. The fourth-order valence-electron chi connectivity index (χ4n) is 2.02. The van der Waals surface area contributed by atoms with Crippen molar-refractivity contribution in [2.75, 3.05) is 11.5 Å². The Kier molecular flexibility index (Phi) is 4.42. The summed E-state index contributed by atoms with van der Waals surface area (Å²) in [5, 5.41) is 0.645. The Labute approximate surface area is 107 Å². The lowest BCUT2D eigenvalue weighted by Gasteiger charge is -2.17. The van der Waals surface area contributed by atoms with E-state index in [1.54, 1.807) is 0 Å². The molecule has 1 aliphatic rings. The zero-order valence-corrected chi connectivity index (χ0v) is 11.4. The molecule has 2 rings (SSSR count). The Bertz CT molecular complexity index is 371. The van der Waals surface area contributed by atoms with Crippen molar-refractivity contribution in [2.45, 2.75) is 25.0 Å². The van der Waals surface area contributed by atoms with Crippen LogP contribution in [-0.2, 0) is 0 Å². The third kappa shape index (κ3) is 2.67. The molecule has 1 unspecified atom stereocenters. The predicted octanol–water partition coefficient (Wildman–Crippen LogP) is 4.98. The Hall–Kier alpha value is -0.340. The highest BCUT2D eigenvalue weighted by molar-refractivity contribution is 8.08. The molecule has 0 nitrogen and oxygen atoms in total. The van der Waals surface area contributed by atoms with E-state index in [1.807, 2.05) is 11.8 Å². The number of rotatable bonds is 1. The minimum atomic E-state index is 0.645. The van der Waals surface area contributed by atoms with Crippen LogP contribution in [0, 0.1) is 0 Å². The third-order valence-electron chi connectivity index (χ3n) is 2.86. The average molecular weight is 250 g/mol. The second kappa shape index (κ2) is 5.83. The first-order chi connectivity index (χ1) is 7.83. The fraction of sp³-hybridized carbons (Fsp3) is 0.429. The molecule has 0 amide bonds. The number of hydrogen-bond acceptors (Lipinski definition) is 2. The number of thioether (sulfide) groups is 2. The van der Waals surface area contributed by atoms with Crippen LogP contribution in [0.2, 0.25) is 0 Å². The van der Waals surface area contributed by atoms with Gasteiger partial charge < -0.3 is 0 Å². The molecular weight excluding hydrogens is 232 g/mol. The largest absolute Gasteiger partial charge is 0.154 e. The monoisotopic (exact) mass is 250 g/mol. The molecule has 1 aromatic rings. The van der Waals surface area contributed by atoms with Crippen LogP contribution >= 0.6 is 23.5 Å². The van der Waals surface area contributed by atoms with Crippen LogP contribution < -0.4 is 0 Å². The number of benzene rings is 1. The van der Waals surface area contributed by atoms with Crippen LogP contribution in [0.25, 0.3) is 4.91 Å². The van der Waals surface area contributed by atoms with Crippen molar-refractivity contribution in [2.24, 2.45) is 0 Å². The van der Waals surface area contributed by atoms with Crippen molar-refractivity contribution in [1.29, 1.82) is 0 Å². The first-order valence-electron chi connectivity index (χ1n) is 5.85. The number of hydrogen-bond donors (Lipinski definition) is 0. The van der Waals surface area contributed by atoms with Gasteiger partial charge in [0.2, 0.25) is 0 Å². The van der Waals surface area contributed by atoms with Crippen molar-refractivity contribution in [1.82, 2.24) is 0 Å². The molecule has 0 radical (unpaired) electrons. The normalized spacial score (nSPS) is 21.8. The lowest BCUT2D eigenvalue weighted by atomic mass is 10.0. The summed E-state index contributed by atoms with van der Waals surface area (Å²) in [6, 6.07) is 8.77. The maximum atomic E-state index is 4.22. The maximum Gasteiger partial charge on any atom is 0.0301 e. The fourth-order valence-corrected chi connectivity index (χ4v) is 4.29. The van der Waals surface area contributed by atoms with E-state index in [2.05, 4.69) is 49.5 Å². The van der Waals surface area contributed by atoms with E-state index < -0.39 is 0 Å². The first kappa shape index (κ1) is 12.1. The van der Waals surface area contributed by atoms with E-state index in [9.17, 15) is 0 Å². The smallest absolute Gasteiger partial charge is 0.0301 e. The second-order valence-corrected chi connectivity index (χ2v) is 6.48. The van der Waals surface area contributed by atoms with E-state index >= 15 is 0 Å². The van der Waals surface area contributed by atoms with E-state index in [0.717, 1.165) is 0 Å². The third-order valence-corrected chi connectivity index (χ3v) is 5.44. The van der Waals surface area contributed by atoms with Crippen molar-refractivity contribution < 1.29 is 0 Å². The molecule has 0 N–H and O–H groups in total. The predicted molar refractivity (Wildman–Crippen MR) is 78.0 cm³/mol. The quantitative estimate of drug-likeness (QED) is 0.689. The molecule has 1 aliphatic heterocycles. The van der Waals surface area contributed by atoms with Crippen LogP contribution in [0.15, 0.2) is 30.8 Å². The van der Waals surface area contributed by atoms with E-state index in [0.29, 0.717) is 5.25 Å². The van der Waals surface area contributed by atoms with Gasteiger partial charge in [0, 0.05) is 10.2 Å². The van der Waals surface area contributed by atoms with Gasteiger partial charge in [0.05, 0.1) is 0 Å². The molecule has 1 heterocycles. The minimum Gasteiger partial charge on any atom is -0.154 e.